The van der Waals surface area contributed by atoms with Gasteiger partial charge in [-0.2, -0.15) is 5.10 Å². The number of amides is 2. The third-order valence-electron chi connectivity index (χ3n) is 4.47. The van der Waals surface area contributed by atoms with E-state index in [1.807, 2.05) is 52.0 Å². The molecule has 8 heteroatoms. The van der Waals surface area contributed by atoms with Crippen molar-refractivity contribution in [3.05, 3.63) is 50.6 Å². The van der Waals surface area contributed by atoms with Gasteiger partial charge in [0.2, 0.25) is 11.8 Å². The number of nitrogens with one attached hydrogen (secondary N) is 2. The summed E-state index contributed by atoms with van der Waals surface area (Å²) in [6, 6.07) is 9.38. The average molecular weight is 537 g/mol. The van der Waals surface area contributed by atoms with E-state index in [-0.39, 0.29) is 30.8 Å². The molecule has 2 N–H and O–H groups in total. The molecule has 0 saturated heterocycles. The van der Waals surface area contributed by atoms with Gasteiger partial charge >= 0.3 is 0 Å². The van der Waals surface area contributed by atoms with Crippen LogP contribution in [0.5, 0.6) is 11.5 Å². The third-order valence-corrected chi connectivity index (χ3v) is 5.27. The van der Waals surface area contributed by atoms with Crippen molar-refractivity contribution in [1.82, 2.24) is 5.43 Å². The number of halogens is 1. The Hall–Kier alpha value is -2.62. The molecule has 0 unspecified atom stereocenters. The molecule has 0 aliphatic rings. The summed E-state index contributed by atoms with van der Waals surface area (Å²) in [6.45, 7) is 7.83. The smallest absolute Gasteiger partial charge is 0.240 e. The van der Waals surface area contributed by atoms with Crippen molar-refractivity contribution in [3.8, 4) is 11.5 Å². The highest BCUT2D eigenvalue weighted by Crippen LogP contribution is 2.34. The van der Waals surface area contributed by atoms with Crippen LogP contribution in [0.25, 0.3) is 0 Å². The molecule has 0 bridgehead atoms. The van der Waals surface area contributed by atoms with E-state index in [1.54, 1.807) is 13.2 Å². The Bertz CT molecular complexity index is 974. The zero-order valence-electron chi connectivity index (χ0n) is 18.4. The lowest BCUT2D eigenvalue weighted by atomic mass is 10.1. The number of hydrazone groups is 1. The van der Waals surface area contributed by atoms with Crippen molar-refractivity contribution in [2.75, 3.05) is 12.4 Å². The Labute approximate surface area is 196 Å². The van der Waals surface area contributed by atoms with E-state index in [0.29, 0.717) is 11.5 Å². The highest BCUT2D eigenvalue weighted by molar-refractivity contribution is 14.1. The van der Waals surface area contributed by atoms with Crippen molar-refractivity contribution in [2.24, 2.45) is 5.10 Å². The first-order valence-electron chi connectivity index (χ1n) is 9.93. The number of carbonyl (C=O) groups excluding carboxylic acids is 2. The second-order valence-electron chi connectivity index (χ2n) is 7.29. The van der Waals surface area contributed by atoms with Gasteiger partial charge in [0.05, 0.1) is 23.0 Å². The summed E-state index contributed by atoms with van der Waals surface area (Å²) >= 11 is 2.17. The fourth-order valence-corrected chi connectivity index (χ4v) is 3.48. The van der Waals surface area contributed by atoms with Crippen LogP contribution in [0.1, 0.15) is 43.4 Å². The van der Waals surface area contributed by atoms with Gasteiger partial charge in [-0.1, -0.05) is 12.1 Å². The van der Waals surface area contributed by atoms with E-state index < -0.39 is 0 Å². The predicted octanol–water partition coefficient (Wildman–Crippen LogP) is 4.57. The van der Waals surface area contributed by atoms with Crippen LogP contribution in [-0.2, 0) is 9.59 Å². The minimum atomic E-state index is -0.339. The van der Waals surface area contributed by atoms with Crippen molar-refractivity contribution < 1.29 is 19.1 Å². The molecule has 0 fully saturated rings. The van der Waals surface area contributed by atoms with Crippen LogP contribution < -0.4 is 20.2 Å². The number of aryl methyl sites for hydroxylation is 1. The van der Waals surface area contributed by atoms with E-state index in [9.17, 15) is 9.59 Å². The van der Waals surface area contributed by atoms with Gasteiger partial charge in [-0.05, 0) is 85.2 Å². The van der Waals surface area contributed by atoms with E-state index in [0.717, 1.165) is 25.9 Å². The lowest BCUT2D eigenvalue weighted by molar-refractivity contribution is -0.124. The van der Waals surface area contributed by atoms with Crippen LogP contribution in [0.15, 0.2) is 35.4 Å². The summed E-state index contributed by atoms with van der Waals surface area (Å²) in [5.41, 5.74) is 6.08. The Morgan fingerprint density at radius 2 is 1.87 bits per heavy atom. The Balaban J connectivity index is 1.88. The second kappa shape index (κ2) is 11.7. The van der Waals surface area contributed by atoms with Crippen LogP contribution in [-0.4, -0.2) is 31.2 Å². The van der Waals surface area contributed by atoms with E-state index >= 15 is 0 Å². The molecule has 0 heterocycles. The maximum Gasteiger partial charge on any atom is 0.240 e. The first kappa shape index (κ1) is 24.6. The molecule has 0 spiro atoms. The molecule has 0 atom stereocenters. The topological polar surface area (TPSA) is 89.0 Å². The fourth-order valence-electron chi connectivity index (χ4n) is 2.73. The molecular formula is C23H28IN3O4. The molecule has 0 aromatic heterocycles. The molecule has 2 aromatic carbocycles. The van der Waals surface area contributed by atoms with Gasteiger partial charge in [0.25, 0.3) is 0 Å². The second-order valence-corrected chi connectivity index (χ2v) is 8.45. The van der Waals surface area contributed by atoms with Gasteiger partial charge in [0, 0.05) is 18.5 Å². The highest BCUT2D eigenvalue weighted by atomic mass is 127. The van der Waals surface area contributed by atoms with Crippen LogP contribution in [0.2, 0.25) is 0 Å². The lowest BCUT2D eigenvalue weighted by Gasteiger charge is -2.15. The quantitative estimate of drug-likeness (QED) is 0.279. The molecular weight excluding hydrogens is 509 g/mol. The Kier molecular flexibility index (Phi) is 9.29. The molecule has 0 aliphatic carbocycles. The van der Waals surface area contributed by atoms with Crippen LogP contribution in [0.3, 0.4) is 0 Å². The number of hydrogen-bond donors (Lipinski definition) is 2. The molecule has 31 heavy (non-hydrogen) atoms. The molecule has 0 radical (unpaired) electrons. The van der Waals surface area contributed by atoms with Crippen molar-refractivity contribution in [1.29, 1.82) is 0 Å². The number of anilines is 1. The summed E-state index contributed by atoms with van der Waals surface area (Å²) in [5, 5.41) is 6.82. The van der Waals surface area contributed by atoms with E-state index in [4.69, 9.17) is 9.47 Å². The van der Waals surface area contributed by atoms with Gasteiger partial charge in [-0.25, -0.2) is 5.43 Å². The van der Waals surface area contributed by atoms with Gasteiger partial charge in [-0.3, -0.25) is 9.59 Å². The fraction of sp³-hybridized carbons (Fsp3) is 0.348. The first-order chi connectivity index (χ1) is 14.7. The number of benzene rings is 2. The summed E-state index contributed by atoms with van der Waals surface area (Å²) in [5.74, 6) is 0.715. The summed E-state index contributed by atoms with van der Waals surface area (Å²) in [7, 11) is 1.57. The maximum absolute atomic E-state index is 12.1. The molecule has 2 aromatic rings. The van der Waals surface area contributed by atoms with Gasteiger partial charge in [0.15, 0.2) is 11.5 Å². The maximum atomic E-state index is 12.1. The Morgan fingerprint density at radius 1 is 1.16 bits per heavy atom. The van der Waals surface area contributed by atoms with Crippen LogP contribution in [0, 0.1) is 17.4 Å². The summed E-state index contributed by atoms with van der Waals surface area (Å²) in [6.07, 6.45) is 1.66. The monoisotopic (exact) mass is 537 g/mol. The molecule has 2 amide bonds. The largest absolute Gasteiger partial charge is 0.493 e. The summed E-state index contributed by atoms with van der Waals surface area (Å²) < 4.78 is 12.1. The third kappa shape index (κ3) is 7.54. The van der Waals surface area contributed by atoms with Crippen molar-refractivity contribution in [2.45, 2.75) is 46.6 Å². The number of rotatable bonds is 9. The standard InChI is InChI=1S/C23H28IN3O4/c1-14(2)31-23-18(24)11-17(12-20(23)30-5)13-25-27-22(29)10-9-21(28)26-19-8-6-7-15(3)16(19)4/h6-8,11-14H,9-10H2,1-5H3,(H,26,28)(H,27,29). The SMILES string of the molecule is COc1cc(C=NNC(=O)CCC(=O)Nc2cccc(C)c2C)cc(I)c1OC(C)C. The normalized spacial score (nSPS) is 10.9. The van der Waals surface area contributed by atoms with Crippen molar-refractivity contribution >= 4 is 46.3 Å². The van der Waals surface area contributed by atoms with Crippen molar-refractivity contribution in [3.63, 3.8) is 0 Å². The molecule has 166 valence electrons. The molecule has 0 aliphatic heterocycles. The summed E-state index contributed by atoms with van der Waals surface area (Å²) in [4.78, 5) is 24.2. The van der Waals surface area contributed by atoms with Gasteiger partial charge < -0.3 is 14.8 Å². The minimum Gasteiger partial charge on any atom is -0.493 e. The number of ether oxygens (including phenoxy) is 2. The first-order valence-corrected chi connectivity index (χ1v) is 11.0. The Morgan fingerprint density at radius 3 is 2.55 bits per heavy atom. The van der Waals surface area contributed by atoms with Gasteiger partial charge in [-0.15, -0.1) is 0 Å². The van der Waals surface area contributed by atoms with E-state index in [1.165, 1.54) is 6.21 Å². The number of hydrogen-bond acceptors (Lipinski definition) is 5. The van der Waals surface area contributed by atoms with E-state index in [2.05, 4.69) is 38.4 Å². The number of carbonyl (C=O) groups is 2. The number of methoxy groups -OCH3 is 1. The molecule has 7 nitrogen and oxygen atoms in total. The zero-order valence-corrected chi connectivity index (χ0v) is 20.6. The van der Waals surface area contributed by atoms with Crippen LogP contribution in [0.4, 0.5) is 5.69 Å². The molecule has 2 rings (SSSR count). The number of nitrogens with zero attached hydrogens (tertiary/aromatic N) is 1. The molecule has 0 saturated carbocycles. The minimum absolute atomic E-state index is 0.0215. The average Bonchev–Trinajstić information content (AvgIpc) is 2.71. The van der Waals surface area contributed by atoms with Crippen LogP contribution >= 0.6 is 22.6 Å². The zero-order chi connectivity index (χ0) is 23.0. The predicted molar refractivity (Wildman–Crippen MR) is 131 cm³/mol. The van der Waals surface area contributed by atoms with Gasteiger partial charge in [0.1, 0.15) is 0 Å². The highest BCUT2D eigenvalue weighted by Gasteiger charge is 2.13. The lowest BCUT2D eigenvalue weighted by Crippen LogP contribution is -2.21.